The molecule has 5 nitrogen and oxygen atoms in total. The standard InChI is InChI=1S/C21H20ClFN2O3S/c22-17-10-14(8-9-18(17)23)27-12-16-7-6-15(28-16)11-19-20(26)25(21(29)24-19)13-4-2-1-3-5-13/h6-11,13H,1-5,12H2,(H,24,29)/b19-11+. The van der Waals surface area contributed by atoms with E-state index in [0.29, 0.717) is 28.1 Å². The van der Waals surface area contributed by atoms with Crippen LogP contribution in [0.4, 0.5) is 4.39 Å². The van der Waals surface area contributed by atoms with Crippen molar-refractivity contribution in [1.82, 2.24) is 10.2 Å². The third-order valence-corrected chi connectivity index (χ3v) is 5.68. The third kappa shape index (κ3) is 4.46. The Balaban J connectivity index is 1.41. The van der Waals surface area contributed by atoms with Crippen LogP contribution < -0.4 is 10.1 Å². The summed E-state index contributed by atoms with van der Waals surface area (Å²) in [5.41, 5.74) is 0.410. The maximum atomic E-state index is 13.2. The van der Waals surface area contributed by atoms with Crippen LogP contribution in [0.2, 0.25) is 5.02 Å². The van der Waals surface area contributed by atoms with E-state index in [1.54, 1.807) is 23.1 Å². The number of hydrogen-bond acceptors (Lipinski definition) is 4. The van der Waals surface area contributed by atoms with Crippen molar-refractivity contribution >= 4 is 40.9 Å². The predicted octanol–water partition coefficient (Wildman–Crippen LogP) is 5.04. The lowest BCUT2D eigenvalue weighted by molar-refractivity contribution is -0.124. The molecule has 1 saturated heterocycles. The minimum atomic E-state index is -0.500. The number of thiocarbonyl (C=S) groups is 1. The van der Waals surface area contributed by atoms with E-state index in [0.717, 1.165) is 25.7 Å². The van der Waals surface area contributed by atoms with Crippen molar-refractivity contribution in [2.75, 3.05) is 0 Å². The number of halogens is 2. The van der Waals surface area contributed by atoms with Gasteiger partial charge in [-0.25, -0.2) is 4.39 Å². The molecule has 2 heterocycles. The largest absolute Gasteiger partial charge is 0.486 e. The molecule has 0 unspecified atom stereocenters. The fourth-order valence-corrected chi connectivity index (χ4v) is 4.15. The normalized spacial score (nSPS) is 19.1. The smallest absolute Gasteiger partial charge is 0.276 e. The molecule has 1 N–H and O–H groups in total. The van der Waals surface area contributed by atoms with E-state index in [-0.39, 0.29) is 23.6 Å². The Hall–Kier alpha value is -2.38. The Kier molecular flexibility index (Phi) is 5.87. The second-order valence-electron chi connectivity index (χ2n) is 7.12. The molecule has 2 fully saturated rings. The lowest BCUT2D eigenvalue weighted by Crippen LogP contribution is -2.41. The van der Waals surface area contributed by atoms with E-state index in [2.05, 4.69) is 5.32 Å². The Bertz CT molecular complexity index is 969. The van der Waals surface area contributed by atoms with Gasteiger partial charge >= 0.3 is 0 Å². The van der Waals surface area contributed by atoms with Gasteiger partial charge in [0.15, 0.2) is 5.11 Å². The molecule has 1 aromatic heterocycles. The lowest BCUT2D eigenvalue weighted by Gasteiger charge is -2.29. The number of furan rings is 1. The van der Waals surface area contributed by atoms with E-state index in [4.69, 9.17) is 33.0 Å². The van der Waals surface area contributed by atoms with Crippen molar-refractivity contribution in [2.45, 2.75) is 44.8 Å². The van der Waals surface area contributed by atoms with Crippen LogP contribution in [-0.4, -0.2) is 22.0 Å². The summed E-state index contributed by atoms with van der Waals surface area (Å²) >= 11 is 11.1. The summed E-state index contributed by atoms with van der Waals surface area (Å²) in [5.74, 6) is 0.907. The van der Waals surface area contributed by atoms with Crippen LogP contribution in [0.15, 0.2) is 40.4 Å². The molecule has 4 rings (SSSR count). The fourth-order valence-electron chi connectivity index (χ4n) is 3.63. The van der Waals surface area contributed by atoms with Gasteiger partial charge in [0.2, 0.25) is 0 Å². The van der Waals surface area contributed by atoms with Gasteiger partial charge < -0.3 is 14.5 Å². The number of amides is 1. The van der Waals surface area contributed by atoms with Gasteiger partial charge in [0.05, 0.1) is 5.02 Å². The zero-order valence-corrected chi connectivity index (χ0v) is 17.2. The lowest BCUT2D eigenvalue weighted by atomic mass is 9.94. The van der Waals surface area contributed by atoms with Crippen LogP contribution in [0.5, 0.6) is 5.75 Å². The molecule has 1 aliphatic heterocycles. The highest BCUT2D eigenvalue weighted by molar-refractivity contribution is 7.80. The van der Waals surface area contributed by atoms with Gasteiger partial charge in [-0.1, -0.05) is 30.9 Å². The van der Waals surface area contributed by atoms with Crippen LogP contribution in [0, 0.1) is 5.82 Å². The fraction of sp³-hybridized carbons (Fsp3) is 0.333. The Labute approximate surface area is 178 Å². The highest BCUT2D eigenvalue weighted by Crippen LogP contribution is 2.27. The molecule has 1 saturated carbocycles. The van der Waals surface area contributed by atoms with Crippen molar-refractivity contribution < 1.29 is 18.3 Å². The van der Waals surface area contributed by atoms with Gasteiger partial charge in [-0.3, -0.25) is 9.69 Å². The van der Waals surface area contributed by atoms with Gasteiger partial charge in [0, 0.05) is 18.2 Å². The monoisotopic (exact) mass is 434 g/mol. The molecule has 8 heteroatoms. The Morgan fingerprint density at radius 2 is 2.07 bits per heavy atom. The van der Waals surface area contributed by atoms with Crippen molar-refractivity contribution in [3.63, 3.8) is 0 Å². The molecule has 1 amide bonds. The molecular formula is C21H20ClFN2O3S. The summed E-state index contributed by atoms with van der Waals surface area (Å²) in [6.45, 7) is 0.152. The number of rotatable bonds is 5. The van der Waals surface area contributed by atoms with Crippen molar-refractivity contribution in [3.05, 3.63) is 58.4 Å². The molecule has 0 atom stereocenters. The zero-order valence-electron chi connectivity index (χ0n) is 15.6. The van der Waals surface area contributed by atoms with Gasteiger partial charge in [-0.2, -0.15) is 0 Å². The molecular weight excluding hydrogens is 415 g/mol. The summed E-state index contributed by atoms with van der Waals surface area (Å²) < 4.78 is 24.5. The van der Waals surface area contributed by atoms with Crippen LogP contribution in [0.25, 0.3) is 6.08 Å². The van der Waals surface area contributed by atoms with Crippen molar-refractivity contribution in [3.8, 4) is 5.75 Å². The summed E-state index contributed by atoms with van der Waals surface area (Å²) in [6.07, 6.45) is 7.07. The zero-order chi connectivity index (χ0) is 20.4. The molecule has 0 spiro atoms. The molecule has 0 bridgehead atoms. The van der Waals surface area contributed by atoms with Crippen LogP contribution >= 0.6 is 23.8 Å². The Morgan fingerprint density at radius 1 is 1.28 bits per heavy atom. The maximum Gasteiger partial charge on any atom is 0.276 e. The Morgan fingerprint density at radius 3 is 2.83 bits per heavy atom. The average Bonchev–Trinajstić information content (AvgIpc) is 3.27. The quantitative estimate of drug-likeness (QED) is 0.527. The third-order valence-electron chi connectivity index (χ3n) is 5.09. The van der Waals surface area contributed by atoms with E-state index in [9.17, 15) is 9.18 Å². The topological polar surface area (TPSA) is 54.7 Å². The second-order valence-corrected chi connectivity index (χ2v) is 7.92. The summed E-state index contributed by atoms with van der Waals surface area (Å²) in [6, 6.07) is 7.83. The number of carbonyl (C=O) groups excluding carboxylic acids is 1. The van der Waals surface area contributed by atoms with E-state index < -0.39 is 5.82 Å². The van der Waals surface area contributed by atoms with Crippen LogP contribution in [0.3, 0.4) is 0 Å². The molecule has 1 aliphatic carbocycles. The highest BCUT2D eigenvalue weighted by atomic mass is 35.5. The first-order chi connectivity index (χ1) is 14.0. The van der Waals surface area contributed by atoms with Crippen LogP contribution in [-0.2, 0) is 11.4 Å². The molecule has 2 aromatic rings. The molecule has 152 valence electrons. The van der Waals surface area contributed by atoms with E-state index in [1.165, 1.54) is 24.6 Å². The molecule has 1 aromatic carbocycles. The molecule has 2 aliphatic rings. The van der Waals surface area contributed by atoms with Crippen molar-refractivity contribution in [1.29, 1.82) is 0 Å². The number of nitrogens with zero attached hydrogens (tertiary/aromatic N) is 1. The number of hydrogen-bond donors (Lipinski definition) is 1. The number of nitrogens with one attached hydrogen (secondary N) is 1. The predicted molar refractivity (Wildman–Crippen MR) is 112 cm³/mol. The van der Waals surface area contributed by atoms with Crippen molar-refractivity contribution in [2.24, 2.45) is 0 Å². The molecule has 0 radical (unpaired) electrons. The highest BCUT2D eigenvalue weighted by Gasteiger charge is 2.36. The summed E-state index contributed by atoms with van der Waals surface area (Å²) in [5, 5.41) is 3.46. The number of ether oxygens (including phenoxy) is 1. The summed E-state index contributed by atoms with van der Waals surface area (Å²) in [4.78, 5) is 14.5. The molecule has 29 heavy (non-hydrogen) atoms. The van der Waals surface area contributed by atoms with Crippen LogP contribution in [0.1, 0.15) is 43.6 Å². The minimum absolute atomic E-state index is 0.00308. The average molecular weight is 435 g/mol. The first kappa shape index (κ1) is 19.9. The first-order valence-corrected chi connectivity index (χ1v) is 10.3. The SMILES string of the molecule is O=C1/C(=C\c2ccc(COc3ccc(F)c(Cl)c3)o2)NC(=S)N1C1CCCCC1. The first-order valence-electron chi connectivity index (χ1n) is 9.54. The van der Waals surface area contributed by atoms with Gasteiger partial charge in [-0.15, -0.1) is 0 Å². The number of benzene rings is 1. The van der Waals surface area contributed by atoms with Gasteiger partial charge in [0.1, 0.15) is 35.4 Å². The maximum absolute atomic E-state index is 13.2. The van der Waals surface area contributed by atoms with E-state index >= 15 is 0 Å². The minimum Gasteiger partial charge on any atom is -0.486 e. The van der Waals surface area contributed by atoms with Gasteiger partial charge in [-0.05, 0) is 49.3 Å². The summed E-state index contributed by atoms with van der Waals surface area (Å²) in [7, 11) is 0. The van der Waals surface area contributed by atoms with E-state index in [1.807, 2.05) is 0 Å². The second kappa shape index (κ2) is 8.55. The number of carbonyl (C=O) groups is 1. The van der Waals surface area contributed by atoms with Gasteiger partial charge in [0.25, 0.3) is 5.91 Å².